The van der Waals surface area contributed by atoms with Gasteiger partial charge in [0, 0.05) is 12.1 Å². The van der Waals surface area contributed by atoms with Gasteiger partial charge in [0.2, 0.25) is 0 Å². The normalized spacial score (nSPS) is 10.0. The fraction of sp³-hybridized carbons (Fsp3) is 0. The molecule has 70 valence electrons. The third kappa shape index (κ3) is 1.35. The van der Waals surface area contributed by atoms with Gasteiger partial charge in [0.05, 0.1) is 16.7 Å². The van der Waals surface area contributed by atoms with Gasteiger partial charge in [-0.05, 0) is 6.07 Å². The van der Waals surface area contributed by atoms with Crippen LogP contribution in [0.5, 0.6) is 0 Å². The molecule has 0 saturated carbocycles. The highest BCUT2D eigenvalue weighted by atomic mass is 16.6. The molecule has 14 heavy (non-hydrogen) atoms. The smallest absolute Gasteiger partial charge is 0.280 e. The molecule has 1 aromatic carbocycles. The van der Waals surface area contributed by atoms with E-state index in [-0.39, 0.29) is 5.69 Å². The van der Waals surface area contributed by atoms with Gasteiger partial charge in [-0.25, -0.2) is 0 Å². The molecule has 5 heteroatoms. The lowest BCUT2D eigenvalue weighted by atomic mass is 10.1. The number of nitro benzene ring substituents is 1. The van der Waals surface area contributed by atoms with E-state index in [0.717, 1.165) is 0 Å². The number of nitro groups is 1. The largest absolute Gasteiger partial charge is 0.356 e. The summed E-state index contributed by atoms with van der Waals surface area (Å²) in [5, 5.41) is 14.2. The molecule has 0 atom stereocenters. The van der Waals surface area contributed by atoms with E-state index in [1.165, 1.54) is 12.3 Å². The lowest BCUT2D eigenvalue weighted by Gasteiger charge is -1.96. The lowest BCUT2D eigenvalue weighted by Crippen LogP contribution is -1.90. The Bertz CT molecular complexity index is 451. The summed E-state index contributed by atoms with van der Waals surface area (Å²) in [4.78, 5) is 10.2. The summed E-state index contributed by atoms with van der Waals surface area (Å²) in [7, 11) is 0. The van der Waals surface area contributed by atoms with E-state index < -0.39 is 4.92 Å². The zero-order chi connectivity index (χ0) is 9.97. The minimum Gasteiger partial charge on any atom is -0.356 e. The van der Waals surface area contributed by atoms with Crippen LogP contribution in [-0.2, 0) is 0 Å². The van der Waals surface area contributed by atoms with Gasteiger partial charge in [-0.3, -0.25) is 10.1 Å². The molecule has 1 aromatic heterocycles. The van der Waals surface area contributed by atoms with E-state index in [2.05, 4.69) is 5.16 Å². The number of para-hydroxylation sites is 1. The van der Waals surface area contributed by atoms with E-state index in [0.29, 0.717) is 11.3 Å². The van der Waals surface area contributed by atoms with E-state index in [1.807, 2.05) is 0 Å². The van der Waals surface area contributed by atoms with Gasteiger partial charge in [-0.1, -0.05) is 17.3 Å². The molecule has 0 amide bonds. The third-order valence-corrected chi connectivity index (χ3v) is 1.80. The molecule has 0 fully saturated rings. The van der Waals surface area contributed by atoms with E-state index in [4.69, 9.17) is 4.52 Å². The molecule has 0 bridgehead atoms. The second kappa shape index (κ2) is 3.29. The Kier molecular flexibility index (Phi) is 1.98. The summed E-state index contributed by atoms with van der Waals surface area (Å²) in [6.45, 7) is 0. The summed E-state index contributed by atoms with van der Waals surface area (Å²) in [5.74, 6) is 0.400. The monoisotopic (exact) mass is 190 g/mol. The Hall–Kier alpha value is -2.17. The summed E-state index contributed by atoms with van der Waals surface area (Å²) < 4.78 is 4.86. The molecule has 0 saturated heterocycles. The van der Waals surface area contributed by atoms with Crippen LogP contribution in [0.15, 0.2) is 41.1 Å². The fourth-order valence-corrected chi connectivity index (χ4v) is 1.20. The summed E-state index contributed by atoms with van der Waals surface area (Å²) >= 11 is 0. The molecule has 0 unspecified atom stereocenters. The molecule has 0 aliphatic carbocycles. The van der Waals surface area contributed by atoms with Gasteiger partial charge in [0.15, 0.2) is 5.76 Å². The Balaban J connectivity index is 2.58. The second-order valence-corrected chi connectivity index (χ2v) is 2.65. The van der Waals surface area contributed by atoms with Crippen molar-refractivity contribution in [1.29, 1.82) is 0 Å². The molecular formula is C9H6N2O3. The molecule has 5 nitrogen and oxygen atoms in total. The number of nitrogens with zero attached hydrogens (tertiary/aromatic N) is 2. The van der Waals surface area contributed by atoms with E-state index >= 15 is 0 Å². The number of hydrogen-bond donors (Lipinski definition) is 0. The molecule has 0 N–H and O–H groups in total. The van der Waals surface area contributed by atoms with Gasteiger partial charge in [0.1, 0.15) is 0 Å². The standard InChI is InChI=1S/C9H6N2O3/c12-11(13)8-4-2-1-3-7(8)9-5-6-10-14-9/h1-6H. The van der Waals surface area contributed by atoms with Gasteiger partial charge in [-0.15, -0.1) is 0 Å². The molecule has 0 radical (unpaired) electrons. The van der Waals surface area contributed by atoms with Crippen molar-refractivity contribution in [2.24, 2.45) is 0 Å². The Morgan fingerprint density at radius 1 is 1.29 bits per heavy atom. The van der Waals surface area contributed by atoms with Gasteiger partial charge >= 0.3 is 0 Å². The second-order valence-electron chi connectivity index (χ2n) is 2.65. The Morgan fingerprint density at radius 3 is 2.71 bits per heavy atom. The number of aromatic nitrogens is 1. The van der Waals surface area contributed by atoms with Crippen LogP contribution in [0.3, 0.4) is 0 Å². The highest BCUT2D eigenvalue weighted by Gasteiger charge is 2.16. The molecule has 2 aromatic rings. The SMILES string of the molecule is O=[N+]([O-])c1ccccc1-c1ccno1. The van der Waals surface area contributed by atoms with Crippen molar-refractivity contribution in [1.82, 2.24) is 5.16 Å². The zero-order valence-electron chi connectivity index (χ0n) is 7.08. The van der Waals surface area contributed by atoms with Crippen molar-refractivity contribution < 1.29 is 9.45 Å². The average molecular weight is 190 g/mol. The first-order chi connectivity index (χ1) is 6.79. The van der Waals surface area contributed by atoms with Crippen LogP contribution < -0.4 is 0 Å². The van der Waals surface area contributed by atoms with Crippen molar-refractivity contribution >= 4 is 5.69 Å². The maximum atomic E-state index is 10.7. The van der Waals surface area contributed by atoms with Crippen molar-refractivity contribution in [3.8, 4) is 11.3 Å². The van der Waals surface area contributed by atoms with Crippen molar-refractivity contribution in [3.63, 3.8) is 0 Å². The van der Waals surface area contributed by atoms with Crippen molar-refractivity contribution in [2.75, 3.05) is 0 Å². The number of rotatable bonds is 2. The number of hydrogen-bond acceptors (Lipinski definition) is 4. The van der Waals surface area contributed by atoms with Crippen LogP contribution in [0.2, 0.25) is 0 Å². The predicted octanol–water partition coefficient (Wildman–Crippen LogP) is 2.25. The molecule has 0 aliphatic heterocycles. The summed E-state index contributed by atoms with van der Waals surface area (Å²) in [6.07, 6.45) is 1.45. The minimum absolute atomic E-state index is 0.0178. The van der Waals surface area contributed by atoms with Gasteiger partial charge < -0.3 is 4.52 Å². The Labute approximate surface area is 79.1 Å². The number of benzene rings is 1. The molecule has 0 spiro atoms. The van der Waals surface area contributed by atoms with Crippen LogP contribution in [0.25, 0.3) is 11.3 Å². The highest BCUT2D eigenvalue weighted by molar-refractivity contribution is 5.68. The quantitative estimate of drug-likeness (QED) is 0.537. The van der Waals surface area contributed by atoms with E-state index in [1.54, 1.807) is 24.3 Å². The van der Waals surface area contributed by atoms with Crippen LogP contribution in [0.4, 0.5) is 5.69 Å². The third-order valence-electron chi connectivity index (χ3n) is 1.80. The highest BCUT2D eigenvalue weighted by Crippen LogP contribution is 2.28. The first-order valence-corrected chi connectivity index (χ1v) is 3.93. The van der Waals surface area contributed by atoms with Crippen molar-refractivity contribution in [2.45, 2.75) is 0 Å². The average Bonchev–Trinajstić information content (AvgIpc) is 2.70. The zero-order valence-corrected chi connectivity index (χ0v) is 7.08. The summed E-state index contributed by atoms with van der Waals surface area (Å²) in [5.41, 5.74) is 0.458. The molecule has 1 heterocycles. The van der Waals surface area contributed by atoms with Crippen LogP contribution in [-0.4, -0.2) is 10.1 Å². The van der Waals surface area contributed by atoms with Gasteiger partial charge in [0.25, 0.3) is 5.69 Å². The Morgan fingerprint density at radius 2 is 2.07 bits per heavy atom. The first kappa shape index (κ1) is 8.43. The fourth-order valence-electron chi connectivity index (χ4n) is 1.20. The predicted molar refractivity (Wildman–Crippen MR) is 48.6 cm³/mol. The molecule has 2 rings (SSSR count). The van der Waals surface area contributed by atoms with Crippen LogP contribution >= 0.6 is 0 Å². The minimum atomic E-state index is -0.447. The first-order valence-electron chi connectivity index (χ1n) is 3.93. The summed E-state index contributed by atoms with van der Waals surface area (Å²) in [6, 6.07) is 7.96. The van der Waals surface area contributed by atoms with Gasteiger partial charge in [-0.2, -0.15) is 0 Å². The van der Waals surface area contributed by atoms with E-state index in [9.17, 15) is 10.1 Å². The maximum Gasteiger partial charge on any atom is 0.280 e. The molecular weight excluding hydrogens is 184 g/mol. The van der Waals surface area contributed by atoms with Crippen LogP contribution in [0, 0.1) is 10.1 Å². The maximum absolute atomic E-state index is 10.7. The molecule has 0 aliphatic rings. The topological polar surface area (TPSA) is 69.2 Å². The van der Waals surface area contributed by atoms with Crippen molar-refractivity contribution in [3.05, 3.63) is 46.6 Å². The van der Waals surface area contributed by atoms with Crippen LogP contribution in [0.1, 0.15) is 0 Å². The lowest BCUT2D eigenvalue weighted by molar-refractivity contribution is -0.384.